The van der Waals surface area contributed by atoms with Crippen molar-refractivity contribution in [3.05, 3.63) is 46.1 Å². The number of thioether (sulfide) groups is 1. The third kappa shape index (κ3) is 4.74. The maximum Gasteiger partial charge on any atom is 0.443 e. The van der Waals surface area contributed by atoms with Gasteiger partial charge >= 0.3 is 18.5 Å². The molecule has 178 valence electrons. The number of nitrogens with zero attached hydrogens (tertiary/aromatic N) is 1. The molecule has 1 amide bonds. The van der Waals surface area contributed by atoms with E-state index in [1.165, 1.54) is 24.3 Å². The monoisotopic (exact) mass is 496 g/mol. The molecule has 0 saturated carbocycles. The highest BCUT2D eigenvalue weighted by atomic mass is 32.2. The number of benzene rings is 1. The van der Waals surface area contributed by atoms with Crippen molar-refractivity contribution in [2.24, 2.45) is 4.99 Å². The molecule has 0 unspecified atom stereocenters. The summed E-state index contributed by atoms with van der Waals surface area (Å²) in [5, 5.41) is 0.107. The van der Waals surface area contributed by atoms with Gasteiger partial charge in [-0.1, -0.05) is 44.7 Å². The minimum absolute atomic E-state index is 0.223. The highest BCUT2D eigenvalue weighted by molar-refractivity contribution is 8.17. The SMILES string of the molecule is CC(C)(C)c1ccc(C(=O)NC2=NC(C(F)(F)F)(C(F)(F)F)C(=C(F)C(F)(F)F)S2)cc1. The molecule has 32 heavy (non-hydrogen) atoms. The van der Waals surface area contributed by atoms with Crippen LogP contribution in [0.3, 0.4) is 0 Å². The summed E-state index contributed by atoms with van der Waals surface area (Å²) in [6, 6.07) is 5.37. The summed E-state index contributed by atoms with van der Waals surface area (Å²) in [6.07, 6.45) is -19.1. The van der Waals surface area contributed by atoms with E-state index in [-0.39, 0.29) is 11.0 Å². The highest BCUT2D eigenvalue weighted by Crippen LogP contribution is 2.59. The Labute approximate surface area is 179 Å². The zero-order valence-corrected chi connectivity index (χ0v) is 17.2. The van der Waals surface area contributed by atoms with Crippen molar-refractivity contribution in [2.75, 3.05) is 0 Å². The summed E-state index contributed by atoms with van der Waals surface area (Å²) in [4.78, 5) is 11.8. The first-order valence-electron chi connectivity index (χ1n) is 8.52. The number of amidine groups is 1. The summed E-state index contributed by atoms with van der Waals surface area (Å²) in [7, 11) is 0. The second-order valence-corrected chi connectivity index (χ2v) is 8.65. The predicted molar refractivity (Wildman–Crippen MR) is 96.7 cm³/mol. The van der Waals surface area contributed by atoms with E-state index < -0.39 is 57.6 Å². The van der Waals surface area contributed by atoms with E-state index in [1.807, 2.05) is 20.8 Å². The van der Waals surface area contributed by atoms with Crippen molar-refractivity contribution in [3.63, 3.8) is 0 Å². The van der Waals surface area contributed by atoms with E-state index >= 15 is 0 Å². The quantitative estimate of drug-likeness (QED) is 0.456. The van der Waals surface area contributed by atoms with Gasteiger partial charge in [-0.3, -0.25) is 4.79 Å². The Kier molecular flexibility index (Phi) is 6.47. The van der Waals surface area contributed by atoms with E-state index in [0.717, 1.165) is 5.56 Å². The van der Waals surface area contributed by atoms with Crippen LogP contribution in [0.2, 0.25) is 0 Å². The molecule has 1 aromatic rings. The minimum Gasteiger partial charge on any atom is -0.301 e. The van der Waals surface area contributed by atoms with Gasteiger partial charge in [-0.25, -0.2) is 9.38 Å². The second-order valence-electron chi connectivity index (χ2n) is 7.65. The number of carbonyl (C=O) groups excluding carboxylic acids is 1. The Bertz CT molecular complexity index is 936. The van der Waals surface area contributed by atoms with Gasteiger partial charge in [-0.05, 0) is 23.1 Å². The van der Waals surface area contributed by atoms with Gasteiger partial charge in [0.15, 0.2) is 5.17 Å². The van der Waals surface area contributed by atoms with E-state index in [0.29, 0.717) is 0 Å². The topological polar surface area (TPSA) is 41.5 Å². The summed E-state index contributed by atoms with van der Waals surface area (Å²) < 4.78 is 132. The molecule has 0 radical (unpaired) electrons. The number of allylic oxidation sites excluding steroid dienone is 1. The molecule has 0 aromatic heterocycles. The molecular formula is C18H14F10N2OS. The molecule has 0 fully saturated rings. The van der Waals surface area contributed by atoms with Crippen LogP contribution in [0.1, 0.15) is 36.7 Å². The van der Waals surface area contributed by atoms with Crippen LogP contribution in [0.5, 0.6) is 0 Å². The van der Waals surface area contributed by atoms with Gasteiger partial charge in [0.1, 0.15) is 0 Å². The lowest BCUT2D eigenvalue weighted by Crippen LogP contribution is -2.55. The first-order chi connectivity index (χ1) is 14.2. The van der Waals surface area contributed by atoms with Gasteiger partial charge < -0.3 is 5.32 Å². The molecule has 14 heteroatoms. The van der Waals surface area contributed by atoms with Crippen molar-refractivity contribution in [3.8, 4) is 0 Å². The van der Waals surface area contributed by atoms with Crippen molar-refractivity contribution >= 4 is 22.8 Å². The Morgan fingerprint density at radius 3 is 1.75 bits per heavy atom. The number of carbonyl (C=O) groups is 1. The summed E-state index contributed by atoms with van der Waals surface area (Å²) >= 11 is -0.901. The minimum atomic E-state index is -6.49. The number of hydrogen-bond donors (Lipinski definition) is 1. The van der Waals surface area contributed by atoms with E-state index in [9.17, 15) is 48.7 Å². The molecule has 0 saturated heterocycles. The average Bonchev–Trinajstić information content (AvgIpc) is 3.00. The number of alkyl halides is 9. The zero-order chi connectivity index (χ0) is 24.9. The number of halogens is 10. The van der Waals surface area contributed by atoms with Crippen LogP contribution in [0.25, 0.3) is 0 Å². The first kappa shape index (κ1) is 26.0. The Morgan fingerprint density at radius 1 is 0.906 bits per heavy atom. The average molecular weight is 496 g/mol. The molecular weight excluding hydrogens is 482 g/mol. The molecule has 1 aliphatic rings. The van der Waals surface area contributed by atoms with Gasteiger partial charge in [-0.2, -0.15) is 39.5 Å². The summed E-state index contributed by atoms with van der Waals surface area (Å²) in [5.41, 5.74) is -5.34. The number of amides is 1. The lowest BCUT2D eigenvalue weighted by molar-refractivity contribution is -0.280. The number of hydrogen-bond acceptors (Lipinski definition) is 3. The van der Waals surface area contributed by atoms with Crippen molar-refractivity contribution in [1.82, 2.24) is 5.32 Å². The Hall–Kier alpha value is -2.25. The molecule has 0 spiro atoms. The summed E-state index contributed by atoms with van der Waals surface area (Å²) in [5.74, 6) is -4.86. The molecule has 2 rings (SSSR count). The molecule has 0 atom stereocenters. The Balaban J connectivity index is 2.53. The fraction of sp³-hybridized carbons (Fsp3) is 0.444. The van der Waals surface area contributed by atoms with Crippen molar-refractivity contribution < 1.29 is 48.7 Å². The van der Waals surface area contributed by atoms with Crippen molar-refractivity contribution in [2.45, 2.75) is 50.3 Å². The van der Waals surface area contributed by atoms with Crippen LogP contribution in [0.15, 0.2) is 40.0 Å². The summed E-state index contributed by atoms with van der Waals surface area (Å²) in [6.45, 7) is 5.51. The maximum absolute atomic E-state index is 13.7. The normalized spacial score (nSPS) is 19.0. The predicted octanol–water partition coefficient (Wildman–Crippen LogP) is 6.42. The van der Waals surface area contributed by atoms with Crippen LogP contribution in [0.4, 0.5) is 43.9 Å². The van der Waals surface area contributed by atoms with Gasteiger partial charge in [0.05, 0.1) is 4.91 Å². The maximum atomic E-state index is 13.7. The third-order valence-corrected chi connectivity index (χ3v) is 5.36. The van der Waals surface area contributed by atoms with Crippen LogP contribution in [-0.4, -0.2) is 35.1 Å². The molecule has 1 N–H and O–H groups in total. The van der Waals surface area contributed by atoms with Crippen molar-refractivity contribution in [1.29, 1.82) is 0 Å². The Morgan fingerprint density at radius 2 is 1.38 bits per heavy atom. The first-order valence-corrected chi connectivity index (χ1v) is 9.34. The molecule has 1 aromatic carbocycles. The van der Waals surface area contributed by atoms with Crippen LogP contribution >= 0.6 is 11.8 Å². The van der Waals surface area contributed by atoms with Crippen LogP contribution in [0, 0.1) is 0 Å². The standard InChI is InChI=1S/C18H14F10N2OS/c1-14(2,3)9-6-4-8(5-7-9)12(31)29-13-30-15(17(23,24)25,18(26,27)28)11(32-13)10(19)16(20,21)22/h4-7H,1-3H3,(H,29,30,31). The lowest BCUT2D eigenvalue weighted by atomic mass is 9.87. The molecule has 1 heterocycles. The zero-order valence-electron chi connectivity index (χ0n) is 16.4. The smallest absolute Gasteiger partial charge is 0.301 e. The largest absolute Gasteiger partial charge is 0.443 e. The van der Waals surface area contributed by atoms with E-state index in [2.05, 4.69) is 4.99 Å². The van der Waals surface area contributed by atoms with E-state index in [4.69, 9.17) is 0 Å². The number of nitrogens with one attached hydrogen (secondary N) is 1. The highest BCUT2D eigenvalue weighted by Gasteiger charge is 2.77. The van der Waals surface area contributed by atoms with E-state index in [1.54, 1.807) is 5.32 Å². The second kappa shape index (κ2) is 7.96. The molecule has 0 aliphatic carbocycles. The number of aliphatic imine (C=N–C) groups is 1. The molecule has 3 nitrogen and oxygen atoms in total. The van der Waals surface area contributed by atoms with Gasteiger partial charge in [0, 0.05) is 5.56 Å². The number of rotatable bonds is 1. The van der Waals surface area contributed by atoms with Gasteiger partial charge in [0.2, 0.25) is 5.83 Å². The fourth-order valence-corrected chi connectivity index (χ4v) is 3.77. The van der Waals surface area contributed by atoms with Crippen LogP contribution in [-0.2, 0) is 5.41 Å². The molecule has 0 bridgehead atoms. The fourth-order valence-electron chi connectivity index (χ4n) is 2.62. The van der Waals surface area contributed by atoms with Gasteiger partial charge in [-0.15, -0.1) is 0 Å². The van der Waals surface area contributed by atoms with Crippen LogP contribution < -0.4 is 5.32 Å². The third-order valence-electron chi connectivity index (χ3n) is 4.30. The lowest BCUT2D eigenvalue weighted by Gasteiger charge is -2.31. The molecule has 1 aliphatic heterocycles. The van der Waals surface area contributed by atoms with Gasteiger partial charge in [0.25, 0.3) is 11.4 Å².